The van der Waals surface area contributed by atoms with Crippen LogP contribution in [-0.2, 0) is 22.5 Å². The van der Waals surface area contributed by atoms with Gasteiger partial charge in [-0.3, -0.25) is 10.1 Å². The minimum Gasteiger partial charge on any atom is -0.480 e. The zero-order valence-corrected chi connectivity index (χ0v) is 21.7. The maximum atomic E-state index is 12.6. The first kappa shape index (κ1) is 26.9. The molecule has 0 bridgehead atoms. The number of amides is 1. The SMILES string of the molecule is Cc1noc(-c2ccc(CN[C@H](Cc3ccccc3Cl)C(=O)O)cc2)c1NC(=O)OC(C)c1ccccc1. The van der Waals surface area contributed by atoms with Gasteiger partial charge in [0.05, 0.1) is 0 Å². The Balaban J connectivity index is 1.40. The number of aromatic nitrogens is 1. The smallest absolute Gasteiger partial charge is 0.412 e. The molecule has 1 aromatic heterocycles. The standard InChI is InChI=1S/C29H28ClN3O5/c1-18-26(32-29(36)37-19(2)21-8-4-3-5-9-21)27(38-33-18)22-14-12-20(13-15-22)17-31-25(28(34)35)16-23-10-6-7-11-24(23)30/h3-15,19,25,31H,16-17H2,1-2H3,(H,32,36)(H,34,35)/t19?,25-/m1/s1. The van der Waals surface area contributed by atoms with Crippen molar-refractivity contribution in [3.05, 3.63) is 106 Å². The summed E-state index contributed by atoms with van der Waals surface area (Å²) in [5.41, 5.74) is 4.16. The highest BCUT2D eigenvalue weighted by Gasteiger charge is 2.21. The molecular weight excluding hydrogens is 506 g/mol. The molecule has 3 aromatic carbocycles. The van der Waals surface area contributed by atoms with Gasteiger partial charge in [-0.15, -0.1) is 0 Å². The number of carboxylic acids is 1. The molecule has 0 fully saturated rings. The lowest BCUT2D eigenvalue weighted by Gasteiger charge is -2.16. The van der Waals surface area contributed by atoms with E-state index in [1.54, 1.807) is 19.9 Å². The number of ether oxygens (including phenoxy) is 1. The minimum atomic E-state index is -0.956. The number of aryl methyl sites for hydroxylation is 1. The number of hydrogen-bond donors (Lipinski definition) is 3. The van der Waals surface area contributed by atoms with Crippen LogP contribution in [0.4, 0.5) is 10.5 Å². The zero-order valence-electron chi connectivity index (χ0n) is 21.0. The summed E-state index contributed by atoms with van der Waals surface area (Å²) in [6, 6.07) is 23.2. The van der Waals surface area contributed by atoms with Gasteiger partial charge in [0, 0.05) is 17.1 Å². The summed E-state index contributed by atoms with van der Waals surface area (Å²) < 4.78 is 11.0. The monoisotopic (exact) mass is 533 g/mol. The highest BCUT2D eigenvalue weighted by Crippen LogP contribution is 2.31. The fourth-order valence-electron chi connectivity index (χ4n) is 3.94. The molecule has 9 heteroatoms. The summed E-state index contributed by atoms with van der Waals surface area (Å²) in [5.74, 6) is -0.559. The predicted molar refractivity (Wildman–Crippen MR) is 145 cm³/mol. The van der Waals surface area contributed by atoms with Crippen molar-refractivity contribution in [1.29, 1.82) is 0 Å². The van der Waals surface area contributed by atoms with Gasteiger partial charge >= 0.3 is 12.1 Å². The Labute approximate surface area is 225 Å². The number of rotatable bonds is 10. The Morgan fingerprint density at radius 3 is 2.39 bits per heavy atom. The molecule has 1 heterocycles. The van der Waals surface area contributed by atoms with Crippen LogP contribution in [0.2, 0.25) is 5.02 Å². The molecule has 1 unspecified atom stereocenters. The van der Waals surface area contributed by atoms with E-state index >= 15 is 0 Å². The molecule has 8 nitrogen and oxygen atoms in total. The number of carbonyl (C=O) groups is 2. The van der Waals surface area contributed by atoms with Gasteiger partial charge in [0.15, 0.2) is 5.76 Å². The van der Waals surface area contributed by atoms with Crippen LogP contribution in [0.1, 0.15) is 35.4 Å². The summed E-state index contributed by atoms with van der Waals surface area (Å²) in [4.78, 5) is 24.4. The summed E-state index contributed by atoms with van der Waals surface area (Å²) in [6.45, 7) is 3.87. The van der Waals surface area contributed by atoms with Gasteiger partial charge in [-0.05, 0) is 43.0 Å². The van der Waals surface area contributed by atoms with Crippen molar-refractivity contribution in [2.24, 2.45) is 0 Å². The first-order valence-corrected chi connectivity index (χ1v) is 12.5. The zero-order chi connectivity index (χ0) is 27.1. The Hall–Kier alpha value is -4.14. The first-order valence-electron chi connectivity index (χ1n) is 12.1. The van der Waals surface area contributed by atoms with Crippen molar-refractivity contribution in [2.75, 3.05) is 5.32 Å². The van der Waals surface area contributed by atoms with Crippen LogP contribution in [0, 0.1) is 6.92 Å². The van der Waals surface area contributed by atoms with Crippen molar-refractivity contribution in [3.8, 4) is 11.3 Å². The molecule has 0 aliphatic heterocycles. The first-order chi connectivity index (χ1) is 18.3. The van der Waals surface area contributed by atoms with Gasteiger partial charge in [0.2, 0.25) is 0 Å². The highest BCUT2D eigenvalue weighted by atomic mass is 35.5. The van der Waals surface area contributed by atoms with Gasteiger partial charge in [-0.2, -0.15) is 0 Å². The van der Waals surface area contributed by atoms with Crippen LogP contribution < -0.4 is 10.6 Å². The second-order valence-electron chi connectivity index (χ2n) is 8.82. The quantitative estimate of drug-likeness (QED) is 0.216. The molecule has 4 rings (SSSR count). The van der Waals surface area contributed by atoms with Gasteiger partial charge in [-0.1, -0.05) is 89.6 Å². The van der Waals surface area contributed by atoms with Crippen molar-refractivity contribution < 1.29 is 24.0 Å². The van der Waals surface area contributed by atoms with E-state index in [0.717, 1.165) is 16.7 Å². The lowest BCUT2D eigenvalue weighted by atomic mass is 10.0. The maximum Gasteiger partial charge on any atom is 0.412 e. The number of aliphatic carboxylic acids is 1. The topological polar surface area (TPSA) is 114 Å². The fraction of sp³-hybridized carbons (Fsp3) is 0.207. The molecule has 0 spiro atoms. The van der Waals surface area contributed by atoms with Crippen LogP contribution in [0.5, 0.6) is 0 Å². The van der Waals surface area contributed by atoms with E-state index in [4.69, 9.17) is 20.9 Å². The lowest BCUT2D eigenvalue weighted by molar-refractivity contribution is -0.139. The number of nitrogens with zero attached hydrogens (tertiary/aromatic N) is 1. The third-order valence-corrected chi connectivity index (χ3v) is 6.46. The molecule has 0 saturated carbocycles. The molecule has 0 saturated heterocycles. The summed E-state index contributed by atoms with van der Waals surface area (Å²) in [5, 5.41) is 20.0. The van der Waals surface area contributed by atoms with Gasteiger partial charge in [-0.25, -0.2) is 4.79 Å². The molecule has 0 aliphatic carbocycles. The Morgan fingerprint density at radius 2 is 1.71 bits per heavy atom. The third kappa shape index (κ3) is 6.79. The molecular formula is C29H28ClN3O5. The van der Waals surface area contributed by atoms with Crippen molar-refractivity contribution in [2.45, 2.75) is 39.0 Å². The van der Waals surface area contributed by atoms with E-state index in [-0.39, 0.29) is 6.42 Å². The predicted octanol–water partition coefficient (Wildman–Crippen LogP) is 6.40. The van der Waals surface area contributed by atoms with E-state index in [1.165, 1.54) is 0 Å². The fourth-order valence-corrected chi connectivity index (χ4v) is 4.16. The van der Waals surface area contributed by atoms with Gasteiger partial charge in [0.1, 0.15) is 23.5 Å². The van der Waals surface area contributed by atoms with Crippen LogP contribution in [0.15, 0.2) is 83.4 Å². The number of carbonyl (C=O) groups excluding carboxylic acids is 1. The number of halogens is 1. The molecule has 4 aromatic rings. The molecule has 2 atom stereocenters. The molecule has 38 heavy (non-hydrogen) atoms. The van der Waals surface area contributed by atoms with Gasteiger partial charge < -0.3 is 19.7 Å². The second kappa shape index (κ2) is 12.4. The molecule has 3 N–H and O–H groups in total. The maximum absolute atomic E-state index is 12.6. The van der Waals surface area contributed by atoms with Crippen molar-refractivity contribution in [1.82, 2.24) is 10.5 Å². The van der Waals surface area contributed by atoms with E-state index in [1.807, 2.05) is 72.8 Å². The number of carboxylic acid groups (broad SMARTS) is 1. The summed E-state index contributed by atoms with van der Waals surface area (Å²) in [6.07, 6.45) is -0.787. The molecule has 1 amide bonds. The third-order valence-electron chi connectivity index (χ3n) is 6.09. The molecule has 196 valence electrons. The van der Waals surface area contributed by atoms with E-state index in [2.05, 4.69) is 15.8 Å². The average molecular weight is 534 g/mol. The average Bonchev–Trinajstić information content (AvgIpc) is 3.27. The Kier molecular flexibility index (Phi) is 8.78. The molecule has 0 aliphatic rings. The number of hydrogen-bond acceptors (Lipinski definition) is 6. The highest BCUT2D eigenvalue weighted by molar-refractivity contribution is 6.31. The second-order valence-corrected chi connectivity index (χ2v) is 9.23. The van der Waals surface area contributed by atoms with E-state index in [0.29, 0.717) is 34.3 Å². The largest absolute Gasteiger partial charge is 0.480 e. The van der Waals surface area contributed by atoms with E-state index in [9.17, 15) is 14.7 Å². The number of nitrogens with one attached hydrogen (secondary N) is 2. The van der Waals surface area contributed by atoms with Gasteiger partial charge in [0.25, 0.3) is 0 Å². The van der Waals surface area contributed by atoms with Crippen molar-refractivity contribution >= 4 is 29.4 Å². The minimum absolute atomic E-state index is 0.262. The van der Waals surface area contributed by atoms with Crippen molar-refractivity contribution in [3.63, 3.8) is 0 Å². The number of benzene rings is 3. The normalized spacial score (nSPS) is 12.5. The van der Waals surface area contributed by atoms with Crippen LogP contribution in [0.3, 0.4) is 0 Å². The van der Waals surface area contributed by atoms with Crippen LogP contribution >= 0.6 is 11.6 Å². The summed E-state index contributed by atoms with van der Waals surface area (Å²) >= 11 is 6.20. The Morgan fingerprint density at radius 1 is 1.03 bits per heavy atom. The van der Waals surface area contributed by atoms with Crippen LogP contribution in [-0.4, -0.2) is 28.4 Å². The van der Waals surface area contributed by atoms with Crippen LogP contribution in [0.25, 0.3) is 11.3 Å². The summed E-state index contributed by atoms with van der Waals surface area (Å²) in [7, 11) is 0. The molecule has 0 radical (unpaired) electrons. The Bertz CT molecular complexity index is 1390. The lowest BCUT2D eigenvalue weighted by Crippen LogP contribution is -2.38. The number of anilines is 1. The van der Waals surface area contributed by atoms with E-state index < -0.39 is 24.2 Å².